The number of halogens is 1. The smallest absolute Gasteiger partial charge is 0.343 e. The van der Waals surface area contributed by atoms with Crippen LogP contribution in [0.2, 0.25) is 5.02 Å². The van der Waals surface area contributed by atoms with Crippen molar-refractivity contribution in [3.05, 3.63) is 33.8 Å². The van der Waals surface area contributed by atoms with Crippen molar-refractivity contribution in [2.75, 3.05) is 32.4 Å². The van der Waals surface area contributed by atoms with Crippen LogP contribution in [0.15, 0.2) is 22.6 Å². The van der Waals surface area contributed by atoms with Crippen molar-refractivity contribution in [3.8, 4) is 11.5 Å². The van der Waals surface area contributed by atoms with Gasteiger partial charge in [0.2, 0.25) is 5.13 Å². The quantitative estimate of drug-likeness (QED) is 0.312. The van der Waals surface area contributed by atoms with E-state index in [9.17, 15) is 9.59 Å². The lowest BCUT2D eigenvalue weighted by molar-refractivity contribution is -0.143. The molecule has 0 bridgehead atoms. The number of benzene rings is 1. The van der Waals surface area contributed by atoms with E-state index in [2.05, 4.69) is 20.2 Å². The second-order valence-corrected chi connectivity index (χ2v) is 6.88. The largest absolute Gasteiger partial charge is 0.490 e. The van der Waals surface area contributed by atoms with Crippen molar-refractivity contribution >= 4 is 46.2 Å². The van der Waals surface area contributed by atoms with Crippen LogP contribution in [0.3, 0.4) is 0 Å². The molecule has 0 spiro atoms. The second kappa shape index (κ2) is 12.0. The lowest BCUT2D eigenvalue weighted by Crippen LogP contribution is -2.13. The number of methoxy groups -OCH3 is 1. The topological polar surface area (TPSA) is 108 Å². The molecule has 0 aliphatic heterocycles. The molecule has 0 aliphatic carbocycles. The van der Waals surface area contributed by atoms with E-state index in [0.717, 1.165) is 0 Å². The van der Waals surface area contributed by atoms with Crippen LogP contribution in [0.1, 0.15) is 25.1 Å². The predicted octanol–water partition coefficient (Wildman–Crippen LogP) is 3.30. The fourth-order valence-electron chi connectivity index (χ4n) is 2.18. The van der Waals surface area contributed by atoms with E-state index >= 15 is 0 Å². The molecule has 0 saturated heterocycles. The van der Waals surface area contributed by atoms with Crippen LogP contribution in [-0.2, 0) is 25.5 Å². The van der Waals surface area contributed by atoms with E-state index in [1.54, 1.807) is 18.4 Å². The Labute approximate surface area is 182 Å². The summed E-state index contributed by atoms with van der Waals surface area (Å²) >= 11 is 7.60. The molecule has 30 heavy (non-hydrogen) atoms. The Morgan fingerprint density at radius 2 is 1.97 bits per heavy atom. The zero-order valence-electron chi connectivity index (χ0n) is 16.8. The molecule has 9 nitrogen and oxygen atoms in total. The Morgan fingerprint density at radius 3 is 2.67 bits per heavy atom. The molecule has 11 heteroatoms. The van der Waals surface area contributed by atoms with Crippen LogP contribution in [0.5, 0.6) is 11.5 Å². The molecule has 162 valence electrons. The molecule has 0 amide bonds. The maximum absolute atomic E-state index is 11.5. The average molecular weight is 456 g/mol. The third kappa shape index (κ3) is 7.20. The Kier molecular flexibility index (Phi) is 9.36. The maximum Gasteiger partial charge on any atom is 0.343 e. The molecule has 0 saturated carbocycles. The van der Waals surface area contributed by atoms with Gasteiger partial charge in [0.1, 0.15) is 0 Å². The lowest BCUT2D eigenvalue weighted by Gasteiger charge is -2.13. The first kappa shape index (κ1) is 23.4. The number of nitrogens with zero attached hydrogens (tertiary/aromatic N) is 2. The number of carbonyl (C=O) groups excluding carboxylic acids is 2. The zero-order chi connectivity index (χ0) is 21.9. The first-order chi connectivity index (χ1) is 14.5. The average Bonchev–Trinajstić information content (AvgIpc) is 3.15. The molecule has 2 rings (SSSR count). The van der Waals surface area contributed by atoms with Gasteiger partial charge in [-0.3, -0.25) is 10.2 Å². The van der Waals surface area contributed by atoms with Crippen LogP contribution in [-0.4, -0.2) is 50.1 Å². The highest BCUT2D eigenvalue weighted by Gasteiger charge is 2.13. The fourth-order valence-corrected chi connectivity index (χ4v) is 3.04. The van der Waals surface area contributed by atoms with Gasteiger partial charge in [0, 0.05) is 17.0 Å². The number of hydrazone groups is 1. The van der Waals surface area contributed by atoms with E-state index in [1.165, 1.54) is 30.7 Å². The summed E-state index contributed by atoms with van der Waals surface area (Å²) < 4.78 is 20.4. The monoisotopic (exact) mass is 455 g/mol. The molecular formula is C19H22ClN3O6S. The molecule has 0 atom stereocenters. The summed E-state index contributed by atoms with van der Waals surface area (Å²) in [7, 11) is 1.27. The molecular weight excluding hydrogens is 434 g/mol. The summed E-state index contributed by atoms with van der Waals surface area (Å²) in [5.74, 6) is -0.115. The first-order valence-electron chi connectivity index (χ1n) is 9.01. The van der Waals surface area contributed by atoms with Crippen LogP contribution >= 0.6 is 22.9 Å². The van der Waals surface area contributed by atoms with Crippen molar-refractivity contribution in [3.63, 3.8) is 0 Å². The minimum Gasteiger partial charge on any atom is -0.490 e. The minimum absolute atomic E-state index is 0.103. The summed E-state index contributed by atoms with van der Waals surface area (Å²) in [4.78, 5) is 27.1. The molecule has 1 aromatic carbocycles. The standard InChI is InChI=1S/C19H22ClN3O6S/c1-4-27-15-6-12(14(20)8-16(15)29-10-18(25)26-3)9-21-23-19-22-13(11-30-19)7-17(24)28-5-2/h6,8-9,11H,4-5,7,10H2,1-3H3,(H,22,23). The third-order valence-corrected chi connectivity index (χ3v) is 4.61. The molecule has 1 heterocycles. The number of hydrogen-bond acceptors (Lipinski definition) is 10. The number of aromatic nitrogens is 1. The van der Waals surface area contributed by atoms with Crippen LogP contribution in [0.25, 0.3) is 0 Å². The van der Waals surface area contributed by atoms with E-state index in [4.69, 9.17) is 25.8 Å². The van der Waals surface area contributed by atoms with Gasteiger partial charge in [-0.05, 0) is 19.9 Å². The van der Waals surface area contributed by atoms with Crippen molar-refractivity contribution in [2.45, 2.75) is 20.3 Å². The van der Waals surface area contributed by atoms with Crippen LogP contribution in [0, 0.1) is 0 Å². The van der Waals surface area contributed by atoms with Gasteiger partial charge in [0.15, 0.2) is 18.1 Å². The molecule has 2 aromatic rings. The number of rotatable bonds is 11. The van der Waals surface area contributed by atoms with Crippen molar-refractivity contribution < 1.29 is 28.5 Å². The van der Waals surface area contributed by atoms with Gasteiger partial charge in [-0.15, -0.1) is 11.3 Å². The molecule has 0 radical (unpaired) electrons. The van der Waals surface area contributed by atoms with Gasteiger partial charge in [-0.25, -0.2) is 9.78 Å². The highest BCUT2D eigenvalue weighted by molar-refractivity contribution is 7.13. The van der Waals surface area contributed by atoms with E-state index in [0.29, 0.717) is 46.1 Å². The zero-order valence-corrected chi connectivity index (χ0v) is 18.3. The Balaban J connectivity index is 2.05. The molecule has 0 unspecified atom stereocenters. The normalized spacial score (nSPS) is 10.7. The third-order valence-electron chi connectivity index (χ3n) is 3.48. The van der Waals surface area contributed by atoms with Gasteiger partial charge in [0.25, 0.3) is 0 Å². The SMILES string of the molecule is CCOC(=O)Cc1csc(NN=Cc2cc(OCC)c(OCC(=O)OC)cc2Cl)n1. The number of esters is 2. The fraction of sp³-hybridized carbons (Fsp3) is 0.368. The minimum atomic E-state index is -0.519. The summed E-state index contributed by atoms with van der Waals surface area (Å²) in [6, 6.07) is 3.19. The number of thiazole rings is 1. The lowest BCUT2D eigenvalue weighted by atomic mass is 10.2. The van der Waals surface area contributed by atoms with Gasteiger partial charge < -0.3 is 18.9 Å². The second-order valence-electron chi connectivity index (χ2n) is 5.61. The van der Waals surface area contributed by atoms with Crippen molar-refractivity contribution in [1.82, 2.24) is 4.98 Å². The van der Waals surface area contributed by atoms with E-state index in [-0.39, 0.29) is 19.0 Å². The van der Waals surface area contributed by atoms with Crippen molar-refractivity contribution in [2.24, 2.45) is 5.10 Å². The Bertz CT molecular complexity index is 902. The van der Waals surface area contributed by atoms with Crippen LogP contribution in [0.4, 0.5) is 5.13 Å². The highest BCUT2D eigenvalue weighted by Crippen LogP contribution is 2.33. The van der Waals surface area contributed by atoms with Crippen LogP contribution < -0.4 is 14.9 Å². The van der Waals surface area contributed by atoms with Crippen molar-refractivity contribution in [1.29, 1.82) is 0 Å². The maximum atomic E-state index is 11.5. The number of ether oxygens (including phenoxy) is 4. The van der Waals surface area contributed by atoms with Gasteiger partial charge in [-0.1, -0.05) is 11.6 Å². The molecule has 1 aromatic heterocycles. The predicted molar refractivity (Wildman–Crippen MR) is 114 cm³/mol. The Morgan fingerprint density at radius 1 is 1.20 bits per heavy atom. The summed E-state index contributed by atoms with van der Waals surface area (Å²) in [6.07, 6.45) is 1.60. The molecule has 0 fully saturated rings. The molecule has 0 aliphatic rings. The first-order valence-corrected chi connectivity index (χ1v) is 10.3. The number of anilines is 1. The summed E-state index contributed by atoms with van der Waals surface area (Å²) in [5, 5.41) is 6.75. The highest BCUT2D eigenvalue weighted by atomic mass is 35.5. The van der Waals surface area contributed by atoms with E-state index in [1.807, 2.05) is 6.92 Å². The summed E-state index contributed by atoms with van der Waals surface area (Å²) in [5.41, 5.74) is 3.96. The number of carbonyl (C=O) groups is 2. The van der Waals surface area contributed by atoms with E-state index < -0.39 is 5.97 Å². The molecule has 1 N–H and O–H groups in total. The summed E-state index contributed by atoms with van der Waals surface area (Å²) in [6.45, 7) is 4.04. The van der Waals surface area contributed by atoms with Gasteiger partial charge in [0.05, 0.1) is 43.7 Å². The number of nitrogens with one attached hydrogen (secondary N) is 1. The van der Waals surface area contributed by atoms with Gasteiger partial charge >= 0.3 is 11.9 Å². The number of hydrogen-bond donors (Lipinski definition) is 1. The van der Waals surface area contributed by atoms with Gasteiger partial charge in [-0.2, -0.15) is 5.10 Å². The Hall–Kier alpha value is -2.85.